The Bertz CT molecular complexity index is 859. The minimum absolute atomic E-state index is 0.0895. The molecule has 1 aliphatic heterocycles. The number of alkyl halides is 3. The van der Waals surface area contributed by atoms with Gasteiger partial charge < -0.3 is 10.6 Å². The number of nitrogens with zero attached hydrogens (tertiary/aromatic N) is 1. The fourth-order valence-electron chi connectivity index (χ4n) is 3.26. The average molecular weight is 407 g/mol. The van der Waals surface area contributed by atoms with E-state index in [1.165, 1.54) is 13.0 Å². The molecule has 2 amide bonds. The number of aromatic nitrogens is 1. The summed E-state index contributed by atoms with van der Waals surface area (Å²) >= 11 is 0. The fourth-order valence-corrected chi connectivity index (χ4v) is 3.26. The minimum Gasteiger partial charge on any atom is -0.326 e. The number of nitrogens with one attached hydrogen (secondary N) is 3. The Morgan fingerprint density at radius 2 is 1.59 bits per heavy atom. The van der Waals surface area contributed by atoms with Crippen LogP contribution in [0, 0.1) is 5.92 Å². The van der Waals surface area contributed by atoms with Gasteiger partial charge in [-0.3, -0.25) is 14.5 Å². The molecule has 1 fully saturated rings. The van der Waals surface area contributed by atoms with Gasteiger partial charge >= 0.3 is 6.18 Å². The van der Waals surface area contributed by atoms with Crippen molar-refractivity contribution in [3.8, 4) is 0 Å². The maximum Gasteiger partial charge on any atom is 0.419 e. The second-order valence-corrected chi connectivity index (χ2v) is 6.97. The van der Waals surface area contributed by atoms with E-state index in [9.17, 15) is 22.8 Å². The summed E-state index contributed by atoms with van der Waals surface area (Å²) in [5.41, 5.74) is 0.569. The van der Waals surface area contributed by atoms with Gasteiger partial charge in [0.05, 0.1) is 18.7 Å². The van der Waals surface area contributed by atoms with Gasteiger partial charge in [-0.15, -0.1) is 0 Å². The van der Waals surface area contributed by atoms with Crippen LogP contribution >= 0.6 is 0 Å². The van der Waals surface area contributed by atoms with Crippen LogP contribution in [0.3, 0.4) is 0 Å². The molecule has 2 aromatic rings. The summed E-state index contributed by atoms with van der Waals surface area (Å²) in [5.74, 6) is 0.174. The Morgan fingerprint density at radius 1 is 1.00 bits per heavy atom. The van der Waals surface area contributed by atoms with Gasteiger partial charge in [-0.1, -0.05) is 0 Å². The van der Waals surface area contributed by atoms with Crippen LogP contribution in [-0.4, -0.2) is 24.9 Å². The van der Waals surface area contributed by atoms with Crippen LogP contribution in [0.5, 0.6) is 0 Å². The molecule has 0 bridgehead atoms. The molecule has 0 spiro atoms. The highest BCUT2D eigenvalue weighted by Gasteiger charge is 2.33. The molecule has 1 aromatic carbocycles. The number of halogens is 3. The molecule has 6 nitrogen and oxygen atoms in total. The second-order valence-electron chi connectivity index (χ2n) is 6.97. The number of amides is 2. The van der Waals surface area contributed by atoms with E-state index in [1.807, 2.05) is 4.90 Å². The number of aromatic amines is 1. The van der Waals surface area contributed by atoms with Crippen molar-refractivity contribution in [3.63, 3.8) is 0 Å². The van der Waals surface area contributed by atoms with Crippen LogP contribution in [-0.2, 0) is 15.8 Å². The van der Waals surface area contributed by atoms with Crippen molar-refractivity contribution in [2.75, 3.05) is 28.6 Å². The summed E-state index contributed by atoms with van der Waals surface area (Å²) in [7, 11) is 0. The summed E-state index contributed by atoms with van der Waals surface area (Å²) in [6, 6.07) is 9.32. The molecule has 1 aliphatic rings. The van der Waals surface area contributed by atoms with Gasteiger partial charge in [0.15, 0.2) is 0 Å². The van der Waals surface area contributed by atoms with E-state index in [0.29, 0.717) is 43.1 Å². The van der Waals surface area contributed by atoms with E-state index in [2.05, 4.69) is 15.6 Å². The third kappa shape index (κ3) is 5.46. The van der Waals surface area contributed by atoms with Crippen molar-refractivity contribution >= 4 is 29.0 Å². The highest BCUT2D eigenvalue weighted by Crippen LogP contribution is 2.29. The highest BCUT2D eigenvalue weighted by atomic mass is 19.4. The molecule has 1 saturated heterocycles. The molecule has 3 rings (SSSR count). The third-order valence-corrected chi connectivity index (χ3v) is 4.80. The van der Waals surface area contributed by atoms with E-state index in [1.54, 1.807) is 24.3 Å². The first-order chi connectivity index (χ1) is 13.7. The predicted molar refractivity (Wildman–Crippen MR) is 102 cm³/mol. The van der Waals surface area contributed by atoms with Gasteiger partial charge in [0.1, 0.15) is 6.20 Å². The maximum atomic E-state index is 12.7. The number of H-pyrrole nitrogens is 1. The highest BCUT2D eigenvalue weighted by molar-refractivity contribution is 5.93. The molecule has 3 N–H and O–H groups in total. The van der Waals surface area contributed by atoms with E-state index in [4.69, 9.17) is 0 Å². The number of pyridine rings is 1. The molecule has 0 unspecified atom stereocenters. The van der Waals surface area contributed by atoms with Crippen LogP contribution in [0.1, 0.15) is 25.3 Å². The number of carbonyl (C=O) groups is 2. The summed E-state index contributed by atoms with van der Waals surface area (Å²) in [5, 5.41) is 5.53. The van der Waals surface area contributed by atoms with Crippen LogP contribution in [0.25, 0.3) is 0 Å². The molecule has 154 valence electrons. The van der Waals surface area contributed by atoms with Crippen LogP contribution in [0.15, 0.2) is 42.6 Å². The number of rotatable bonds is 4. The number of benzene rings is 1. The Balaban J connectivity index is 1.52. The van der Waals surface area contributed by atoms with Crippen molar-refractivity contribution in [1.29, 1.82) is 0 Å². The van der Waals surface area contributed by atoms with Gasteiger partial charge in [-0.05, 0) is 43.2 Å². The number of hydrogen-bond donors (Lipinski definition) is 2. The van der Waals surface area contributed by atoms with Crippen LogP contribution in [0.2, 0.25) is 0 Å². The Morgan fingerprint density at radius 3 is 2.07 bits per heavy atom. The first-order valence-electron chi connectivity index (χ1n) is 9.25. The van der Waals surface area contributed by atoms with Crippen molar-refractivity contribution in [2.45, 2.75) is 25.9 Å². The Labute approximate surface area is 166 Å². The van der Waals surface area contributed by atoms with Gasteiger partial charge in [-0.25, -0.2) is 4.98 Å². The average Bonchev–Trinajstić information content (AvgIpc) is 2.69. The first kappa shape index (κ1) is 20.6. The topological polar surface area (TPSA) is 75.6 Å². The largest absolute Gasteiger partial charge is 0.419 e. The SMILES string of the molecule is CC(=O)Nc1ccc(NC(=O)C2CCN(c3ccc(C(F)(F)F)c[nH+]3)CC2)cc1. The fraction of sp³-hybridized carbons (Fsp3) is 0.350. The summed E-state index contributed by atoms with van der Waals surface area (Å²) in [6.45, 7) is 2.56. The minimum atomic E-state index is -4.37. The lowest BCUT2D eigenvalue weighted by Crippen LogP contribution is -2.40. The van der Waals surface area contributed by atoms with Gasteiger partial charge in [0, 0.05) is 30.3 Å². The summed E-state index contributed by atoms with van der Waals surface area (Å²) in [6.07, 6.45) is -2.21. The Hall–Kier alpha value is -3.10. The van der Waals surface area contributed by atoms with Crippen LogP contribution in [0.4, 0.5) is 30.4 Å². The lowest BCUT2D eigenvalue weighted by molar-refractivity contribution is -0.367. The molecule has 9 heteroatoms. The molecule has 29 heavy (non-hydrogen) atoms. The zero-order chi connectivity index (χ0) is 21.0. The van der Waals surface area contributed by atoms with Gasteiger partial charge in [-0.2, -0.15) is 13.2 Å². The monoisotopic (exact) mass is 407 g/mol. The molecule has 0 atom stereocenters. The predicted octanol–water partition coefficient (Wildman–Crippen LogP) is 3.33. The van der Waals surface area contributed by atoms with Crippen LogP contribution < -0.4 is 20.5 Å². The first-order valence-corrected chi connectivity index (χ1v) is 9.25. The zero-order valence-corrected chi connectivity index (χ0v) is 15.8. The van der Waals surface area contributed by atoms with Crippen molar-refractivity contribution < 1.29 is 27.7 Å². The van der Waals surface area contributed by atoms with E-state index in [-0.39, 0.29) is 17.7 Å². The molecular formula is C20H22F3N4O2+. The summed E-state index contributed by atoms with van der Waals surface area (Å²) < 4.78 is 38.0. The number of carbonyl (C=O) groups excluding carboxylic acids is 2. The number of piperidine rings is 1. The van der Waals surface area contributed by atoms with E-state index >= 15 is 0 Å². The van der Waals surface area contributed by atoms with Gasteiger partial charge in [0.2, 0.25) is 11.8 Å². The van der Waals surface area contributed by atoms with E-state index < -0.39 is 11.7 Å². The standard InChI is InChI=1S/C20H21F3N4O2/c1-13(28)25-16-3-5-17(6-4-16)26-19(29)14-8-10-27(11-9-14)18-7-2-15(12-24-18)20(21,22)23/h2-7,12,14H,8-11H2,1H3,(H,25,28)(H,26,29)/p+1. The van der Waals surface area contributed by atoms with Crippen molar-refractivity contribution in [2.24, 2.45) is 5.92 Å². The van der Waals surface area contributed by atoms with Crippen molar-refractivity contribution in [1.82, 2.24) is 0 Å². The summed E-state index contributed by atoms with van der Waals surface area (Å²) in [4.78, 5) is 28.2. The van der Waals surface area contributed by atoms with Gasteiger partial charge in [0.25, 0.3) is 5.82 Å². The molecule has 1 aromatic heterocycles. The maximum absolute atomic E-state index is 12.7. The number of anilines is 3. The Kier molecular flexibility index (Phi) is 6.05. The van der Waals surface area contributed by atoms with Crippen molar-refractivity contribution in [3.05, 3.63) is 48.2 Å². The third-order valence-electron chi connectivity index (χ3n) is 4.80. The molecule has 0 radical (unpaired) electrons. The molecule has 2 heterocycles. The normalized spacial score (nSPS) is 15.1. The molecule has 0 aliphatic carbocycles. The smallest absolute Gasteiger partial charge is 0.326 e. The number of hydrogen-bond acceptors (Lipinski definition) is 3. The second kappa shape index (κ2) is 8.50. The van der Waals surface area contributed by atoms with E-state index in [0.717, 1.165) is 12.3 Å². The molecule has 0 saturated carbocycles. The quantitative estimate of drug-likeness (QED) is 0.816. The zero-order valence-electron chi connectivity index (χ0n) is 15.8. The lowest BCUT2D eigenvalue weighted by Gasteiger charge is -2.27. The lowest BCUT2D eigenvalue weighted by atomic mass is 9.95. The molecular weight excluding hydrogens is 385 g/mol.